The molecule has 0 unspecified atom stereocenters. The van der Waals surface area contributed by atoms with Crippen LogP contribution in [0.25, 0.3) is 0 Å². The van der Waals surface area contributed by atoms with E-state index in [9.17, 15) is 27.2 Å². The lowest BCUT2D eigenvalue weighted by Gasteiger charge is -2.31. The average Bonchev–Trinajstić information content (AvgIpc) is 2.68. The monoisotopic (exact) mass is 428 g/mol. The number of thioether (sulfide) groups is 1. The molecule has 0 fully saturated rings. The SMILES string of the molecule is CC.Cc1ccc(C(=O)CCC(=O)c2ccc3c(c2)SC(F)(F)C(F)(F)O3)cc1. The number of Topliss-reactive ketones (excluding diaryl/α,β-unsaturated/α-hetero) is 2. The van der Waals surface area contributed by atoms with Gasteiger partial charge in [-0.25, -0.2) is 0 Å². The standard InChI is InChI=1S/C19H14F4O3S.C2H6/c1-11-2-4-12(5-3-11)14(24)7-8-15(25)13-6-9-16-17(10-13)27-19(22,23)18(20,21)26-16;1-2/h2-6,9-10H,7-8H2,1H3;1-2H3. The Balaban J connectivity index is 0.00000145. The maximum Gasteiger partial charge on any atom is 0.475 e. The summed E-state index contributed by atoms with van der Waals surface area (Å²) in [7, 11) is 0. The Bertz CT molecular complexity index is 895. The molecule has 8 heteroatoms. The summed E-state index contributed by atoms with van der Waals surface area (Å²) in [4.78, 5) is 24.1. The number of alkyl halides is 4. The second-order valence-electron chi connectivity index (χ2n) is 6.11. The van der Waals surface area contributed by atoms with Crippen molar-refractivity contribution >= 4 is 23.3 Å². The summed E-state index contributed by atoms with van der Waals surface area (Å²) < 4.78 is 57.3. The summed E-state index contributed by atoms with van der Waals surface area (Å²) >= 11 is -0.352. The number of rotatable bonds is 5. The van der Waals surface area contributed by atoms with Crippen molar-refractivity contribution in [1.29, 1.82) is 0 Å². The number of fused-ring (bicyclic) bond motifs is 1. The lowest BCUT2D eigenvalue weighted by molar-refractivity contribution is -0.273. The Morgan fingerprint density at radius 1 is 0.897 bits per heavy atom. The minimum atomic E-state index is -4.63. The largest absolute Gasteiger partial charge is 0.475 e. The highest BCUT2D eigenvalue weighted by atomic mass is 32.2. The van der Waals surface area contributed by atoms with Crippen molar-refractivity contribution in [3.05, 3.63) is 59.2 Å². The van der Waals surface area contributed by atoms with E-state index in [2.05, 4.69) is 4.74 Å². The minimum absolute atomic E-state index is 0.0448. The zero-order chi connectivity index (χ0) is 21.8. The fourth-order valence-corrected chi connectivity index (χ4v) is 3.33. The van der Waals surface area contributed by atoms with Gasteiger partial charge in [0.2, 0.25) is 0 Å². The first-order chi connectivity index (χ1) is 13.6. The molecule has 1 aliphatic rings. The molecule has 2 aromatic carbocycles. The van der Waals surface area contributed by atoms with Crippen LogP contribution < -0.4 is 4.74 Å². The van der Waals surface area contributed by atoms with Crippen molar-refractivity contribution in [2.24, 2.45) is 0 Å². The third-order valence-corrected chi connectivity index (χ3v) is 5.07. The first-order valence-corrected chi connectivity index (χ1v) is 9.81. The fourth-order valence-electron chi connectivity index (χ4n) is 2.50. The molecule has 3 nitrogen and oxygen atoms in total. The molecular weight excluding hydrogens is 408 g/mol. The molecule has 2 aromatic rings. The van der Waals surface area contributed by atoms with Gasteiger partial charge in [-0.2, -0.15) is 17.6 Å². The first kappa shape index (κ1) is 22.9. The summed E-state index contributed by atoms with van der Waals surface area (Å²) in [5.41, 5.74) is 1.53. The van der Waals surface area contributed by atoms with Crippen LogP contribution in [-0.4, -0.2) is 22.9 Å². The van der Waals surface area contributed by atoms with Gasteiger partial charge in [-0.15, -0.1) is 0 Å². The maximum absolute atomic E-state index is 13.4. The van der Waals surface area contributed by atoms with Gasteiger partial charge in [0, 0.05) is 24.0 Å². The summed E-state index contributed by atoms with van der Waals surface area (Å²) in [6.45, 7) is 5.88. The predicted octanol–water partition coefficient (Wildman–Crippen LogP) is 6.54. The van der Waals surface area contributed by atoms with Gasteiger partial charge < -0.3 is 4.74 Å². The maximum atomic E-state index is 13.4. The van der Waals surface area contributed by atoms with Gasteiger partial charge in [-0.05, 0) is 36.9 Å². The van der Waals surface area contributed by atoms with Gasteiger partial charge in [0.05, 0.1) is 4.90 Å². The van der Waals surface area contributed by atoms with Crippen LogP contribution in [0.15, 0.2) is 47.4 Å². The Morgan fingerprint density at radius 3 is 2.00 bits per heavy atom. The number of carbonyl (C=O) groups excluding carboxylic acids is 2. The van der Waals surface area contributed by atoms with Crippen LogP contribution in [-0.2, 0) is 0 Å². The molecule has 0 aliphatic carbocycles. The van der Waals surface area contributed by atoms with E-state index in [1.807, 2.05) is 20.8 Å². The fraction of sp³-hybridized carbons (Fsp3) is 0.333. The zero-order valence-corrected chi connectivity index (χ0v) is 16.9. The molecule has 0 radical (unpaired) electrons. The molecule has 0 saturated carbocycles. The van der Waals surface area contributed by atoms with Crippen LogP contribution >= 0.6 is 11.8 Å². The number of ketones is 2. The Hall–Kier alpha value is -2.35. The highest BCUT2D eigenvalue weighted by Crippen LogP contribution is 2.54. The first-order valence-electron chi connectivity index (χ1n) is 9.00. The van der Waals surface area contributed by atoms with Crippen LogP contribution in [0, 0.1) is 6.92 Å². The third kappa shape index (κ3) is 5.18. The number of ether oxygens (including phenoxy) is 1. The number of hydrogen-bond donors (Lipinski definition) is 0. The lowest BCUT2D eigenvalue weighted by atomic mass is 10.0. The Labute approximate surface area is 170 Å². The normalized spacial score (nSPS) is 16.0. The second kappa shape index (κ2) is 8.98. The molecule has 1 aliphatic heterocycles. The van der Waals surface area contributed by atoms with Crippen molar-refractivity contribution in [3.8, 4) is 5.75 Å². The van der Waals surface area contributed by atoms with Crippen LogP contribution in [0.5, 0.6) is 5.75 Å². The second-order valence-corrected chi connectivity index (χ2v) is 7.27. The van der Waals surface area contributed by atoms with E-state index >= 15 is 0 Å². The van der Waals surface area contributed by atoms with Crippen LogP contribution in [0.3, 0.4) is 0 Å². The van der Waals surface area contributed by atoms with Gasteiger partial charge in [-0.1, -0.05) is 43.7 Å². The number of halogens is 4. The van der Waals surface area contributed by atoms with E-state index in [1.165, 1.54) is 6.07 Å². The van der Waals surface area contributed by atoms with Crippen LogP contribution in [0.1, 0.15) is 53.0 Å². The molecule has 156 valence electrons. The van der Waals surface area contributed by atoms with E-state index < -0.39 is 22.9 Å². The van der Waals surface area contributed by atoms with Crippen molar-refractivity contribution in [1.82, 2.24) is 0 Å². The molecule has 1 heterocycles. The van der Waals surface area contributed by atoms with E-state index in [0.29, 0.717) is 5.56 Å². The molecule has 0 bridgehead atoms. The average molecular weight is 428 g/mol. The molecule has 0 spiro atoms. The highest BCUT2D eigenvalue weighted by Gasteiger charge is 2.63. The topological polar surface area (TPSA) is 43.4 Å². The van der Waals surface area contributed by atoms with Crippen molar-refractivity contribution in [2.75, 3.05) is 0 Å². The quantitative estimate of drug-likeness (QED) is 0.401. The number of carbonyl (C=O) groups is 2. The summed E-state index contributed by atoms with van der Waals surface area (Å²) in [6, 6.07) is 10.3. The van der Waals surface area contributed by atoms with E-state index in [0.717, 1.165) is 17.7 Å². The van der Waals surface area contributed by atoms with E-state index in [4.69, 9.17) is 0 Å². The molecule has 0 saturated heterocycles. The molecular formula is C21H20F4O3S. The predicted molar refractivity (Wildman–Crippen MR) is 103 cm³/mol. The number of hydrogen-bond acceptors (Lipinski definition) is 4. The zero-order valence-electron chi connectivity index (χ0n) is 16.1. The summed E-state index contributed by atoms with van der Waals surface area (Å²) in [5, 5.41) is -4.44. The molecule has 0 aromatic heterocycles. The van der Waals surface area contributed by atoms with E-state index in [1.54, 1.807) is 24.3 Å². The van der Waals surface area contributed by atoms with Gasteiger partial charge >= 0.3 is 11.4 Å². The van der Waals surface area contributed by atoms with Gasteiger partial charge in [0.1, 0.15) is 5.75 Å². The van der Waals surface area contributed by atoms with Gasteiger partial charge in [0.15, 0.2) is 11.6 Å². The van der Waals surface area contributed by atoms with Crippen LogP contribution in [0.4, 0.5) is 17.6 Å². The molecule has 29 heavy (non-hydrogen) atoms. The van der Waals surface area contributed by atoms with Crippen molar-refractivity contribution < 1.29 is 31.9 Å². The van der Waals surface area contributed by atoms with Gasteiger partial charge in [-0.3, -0.25) is 9.59 Å². The van der Waals surface area contributed by atoms with Crippen LogP contribution in [0.2, 0.25) is 0 Å². The molecule has 0 atom stereocenters. The summed E-state index contributed by atoms with van der Waals surface area (Å²) in [5.74, 6) is -1.08. The molecule has 0 amide bonds. The Morgan fingerprint density at radius 2 is 1.41 bits per heavy atom. The molecule has 0 N–H and O–H groups in total. The van der Waals surface area contributed by atoms with E-state index in [-0.39, 0.29) is 40.8 Å². The Kier molecular flexibility index (Phi) is 7.11. The van der Waals surface area contributed by atoms with Gasteiger partial charge in [0.25, 0.3) is 0 Å². The third-order valence-electron chi connectivity index (χ3n) is 4.03. The lowest BCUT2D eigenvalue weighted by Crippen LogP contribution is -2.45. The number of benzene rings is 2. The van der Waals surface area contributed by atoms with Crippen molar-refractivity contribution in [3.63, 3.8) is 0 Å². The number of aryl methyl sites for hydroxylation is 1. The van der Waals surface area contributed by atoms with Crippen molar-refractivity contribution in [2.45, 2.75) is 49.9 Å². The highest BCUT2D eigenvalue weighted by molar-refractivity contribution is 8.00. The summed E-state index contributed by atoms with van der Waals surface area (Å²) in [6.07, 6.45) is -4.79. The minimum Gasteiger partial charge on any atom is -0.426 e. The smallest absolute Gasteiger partial charge is 0.426 e. The molecule has 3 rings (SSSR count).